The van der Waals surface area contributed by atoms with Crippen molar-refractivity contribution in [3.05, 3.63) is 36.5 Å². The Bertz CT molecular complexity index is 561. The lowest BCUT2D eigenvalue weighted by atomic mass is 10.2. The number of halogens is 2. The van der Waals surface area contributed by atoms with Crippen LogP contribution in [0.15, 0.2) is 36.5 Å². The molecule has 6 nitrogen and oxygen atoms in total. The van der Waals surface area contributed by atoms with E-state index in [1.807, 2.05) is 27.7 Å². The van der Waals surface area contributed by atoms with Gasteiger partial charge in [-0.2, -0.15) is 0 Å². The fourth-order valence-electron chi connectivity index (χ4n) is 2.08. The molecule has 1 saturated heterocycles. The van der Waals surface area contributed by atoms with Gasteiger partial charge >= 0.3 is 5.97 Å². The molecule has 1 rings (SSSR count). The van der Waals surface area contributed by atoms with Gasteiger partial charge < -0.3 is 15.3 Å². The van der Waals surface area contributed by atoms with E-state index in [2.05, 4.69) is 11.9 Å². The van der Waals surface area contributed by atoms with Crippen LogP contribution < -0.4 is 5.32 Å². The predicted molar refractivity (Wildman–Crippen MR) is 113 cm³/mol. The molecule has 0 aromatic rings. The van der Waals surface area contributed by atoms with Gasteiger partial charge in [0, 0.05) is 32.0 Å². The molecular weight excluding hydrogens is 382 g/mol. The Hall–Kier alpha value is -2.51. The summed E-state index contributed by atoms with van der Waals surface area (Å²) >= 11 is 0. The van der Waals surface area contributed by atoms with E-state index in [1.165, 1.54) is 24.0 Å². The van der Waals surface area contributed by atoms with E-state index in [4.69, 9.17) is 5.11 Å². The minimum Gasteiger partial charge on any atom is -0.480 e. The third-order valence-corrected chi connectivity index (χ3v) is 3.34. The highest BCUT2D eigenvalue weighted by molar-refractivity contribution is 5.81. The molecule has 8 heteroatoms. The minimum atomic E-state index is -0.988. The highest BCUT2D eigenvalue weighted by atomic mass is 19.2. The van der Waals surface area contributed by atoms with Crippen molar-refractivity contribution in [2.75, 3.05) is 13.1 Å². The van der Waals surface area contributed by atoms with Gasteiger partial charge in [-0.05, 0) is 12.8 Å². The van der Waals surface area contributed by atoms with Crippen molar-refractivity contribution >= 4 is 17.8 Å². The zero-order valence-corrected chi connectivity index (χ0v) is 18.4. The maximum atomic E-state index is 13.0. The summed E-state index contributed by atoms with van der Waals surface area (Å²) in [5.74, 6) is -2.27. The number of carbonyl (C=O) groups excluding carboxylic acids is 2. The summed E-state index contributed by atoms with van der Waals surface area (Å²) in [6, 6.07) is -0.738. The third kappa shape index (κ3) is 15.1. The second-order valence-electron chi connectivity index (χ2n) is 5.30. The van der Waals surface area contributed by atoms with Crippen LogP contribution >= 0.6 is 0 Å². The van der Waals surface area contributed by atoms with Crippen molar-refractivity contribution in [1.29, 1.82) is 0 Å². The average molecular weight is 419 g/mol. The van der Waals surface area contributed by atoms with E-state index in [0.29, 0.717) is 19.4 Å². The maximum Gasteiger partial charge on any atom is 0.326 e. The van der Waals surface area contributed by atoms with Gasteiger partial charge in [-0.25, -0.2) is 13.6 Å². The minimum absolute atomic E-state index is 0.0170. The molecule has 0 aliphatic carbocycles. The van der Waals surface area contributed by atoms with E-state index in [-0.39, 0.29) is 30.3 Å². The van der Waals surface area contributed by atoms with E-state index in [9.17, 15) is 23.2 Å². The van der Waals surface area contributed by atoms with Gasteiger partial charge in [-0.1, -0.05) is 53.3 Å². The molecule has 0 spiro atoms. The molecule has 1 aliphatic rings. The van der Waals surface area contributed by atoms with Crippen LogP contribution in [0.2, 0.25) is 0 Å². The Morgan fingerprint density at radius 3 is 2.14 bits per heavy atom. The smallest absolute Gasteiger partial charge is 0.326 e. The Morgan fingerprint density at radius 2 is 1.86 bits per heavy atom. The Kier molecular flexibility index (Phi) is 21.8. The number of aliphatic carboxylic acids is 1. The van der Waals surface area contributed by atoms with E-state index in [0.717, 1.165) is 6.42 Å². The van der Waals surface area contributed by atoms with Crippen LogP contribution in [0.3, 0.4) is 0 Å². The van der Waals surface area contributed by atoms with Crippen molar-refractivity contribution in [2.24, 2.45) is 0 Å². The van der Waals surface area contributed by atoms with Crippen LogP contribution in [0.4, 0.5) is 8.78 Å². The number of carboxylic acid groups (broad SMARTS) is 1. The number of rotatable bonds is 7. The van der Waals surface area contributed by atoms with Crippen molar-refractivity contribution in [3.63, 3.8) is 0 Å². The first kappa shape index (κ1) is 31.2. The van der Waals surface area contributed by atoms with Crippen LogP contribution in [0, 0.1) is 0 Å². The Labute approximate surface area is 173 Å². The molecule has 0 radical (unpaired) electrons. The number of nitrogens with one attached hydrogen (secondary N) is 1. The van der Waals surface area contributed by atoms with Crippen LogP contribution in [-0.2, 0) is 14.4 Å². The number of hydrogen-bond donors (Lipinski definition) is 2. The van der Waals surface area contributed by atoms with E-state index < -0.39 is 17.8 Å². The topological polar surface area (TPSA) is 86.7 Å². The summed E-state index contributed by atoms with van der Waals surface area (Å²) in [7, 11) is 0. The first-order valence-electron chi connectivity index (χ1n) is 9.82. The summed E-state index contributed by atoms with van der Waals surface area (Å²) in [4.78, 5) is 33.4. The average Bonchev–Trinajstić information content (AvgIpc) is 3.13. The van der Waals surface area contributed by atoms with Crippen LogP contribution in [0.25, 0.3) is 0 Å². The van der Waals surface area contributed by atoms with Gasteiger partial charge in [0.05, 0.1) is 0 Å². The summed E-state index contributed by atoms with van der Waals surface area (Å²) in [6.07, 6.45) is 4.32. The van der Waals surface area contributed by atoms with Gasteiger partial charge in [0.2, 0.25) is 11.8 Å². The molecule has 2 amide bonds. The number of amides is 2. The number of likely N-dealkylation sites (tertiary alicyclic amines) is 1. The molecule has 168 valence electrons. The second kappa shape index (κ2) is 20.2. The molecule has 0 aromatic carbocycles. The Morgan fingerprint density at radius 1 is 1.31 bits per heavy atom. The molecule has 1 aliphatic heterocycles. The van der Waals surface area contributed by atoms with E-state index >= 15 is 0 Å². The van der Waals surface area contributed by atoms with Gasteiger partial charge in [0.15, 0.2) is 5.83 Å². The van der Waals surface area contributed by atoms with Gasteiger partial charge in [-0.15, -0.1) is 0 Å². The molecule has 2 N–H and O–H groups in total. The predicted octanol–water partition coefficient (Wildman–Crippen LogP) is 4.54. The molecule has 0 saturated carbocycles. The lowest BCUT2D eigenvalue weighted by Gasteiger charge is -2.16. The van der Waals surface area contributed by atoms with Crippen LogP contribution in [0.1, 0.15) is 60.8 Å². The molecule has 0 aromatic heterocycles. The standard InChI is InChI=1S/C11H13F2NO.C6H11NO3.2C2H6/c1-2-4-9(10(13)7-12)8-14-6-3-5-11(14)15;1-3-5(6(9)10)7-4(2)8;2*1-2/h2,4,7H,1,3,5-6,8H2;5H,3H2,1-2H3,(H,7,8)(H,9,10);2*1-2H3/b9-4-,10-7-;;;. The van der Waals surface area contributed by atoms with Crippen molar-refractivity contribution in [1.82, 2.24) is 10.2 Å². The number of allylic oxidation sites excluding steroid dienone is 2. The van der Waals surface area contributed by atoms with E-state index in [1.54, 1.807) is 6.92 Å². The monoisotopic (exact) mass is 418 g/mol. The summed E-state index contributed by atoms with van der Waals surface area (Å²) < 4.78 is 25.0. The fraction of sp³-hybridized carbons (Fsp3) is 0.571. The summed E-state index contributed by atoms with van der Waals surface area (Å²) in [5, 5.41) is 10.7. The lowest BCUT2D eigenvalue weighted by molar-refractivity contribution is -0.141. The fourth-order valence-corrected chi connectivity index (χ4v) is 2.08. The number of carboxylic acids is 1. The summed E-state index contributed by atoms with van der Waals surface area (Å²) in [5.41, 5.74) is 0.141. The van der Waals surface area contributed by atoms with Crippen LogP contribution in [0.5, 0.6) is 0 Å². The first-order chi connectivity index (χ1) is 13.8. The number of nitrogens with zero attached hydrogens (tertiary/aromatic N) is 1. The second-order valence-corrected chi connectivity index (χ2v) is 5.30. The molecule has 0 bridgehead atoms. The van der Waals surface area contributed by atoms with Crippen molar-refractivity contribution in [3.8, 4) is 0 Å². The molecule has 1 unspecified atom stereocenters. The lowest BCUT2D eigenvalue weighted by Crippen LogP contribution is -2.38. The van der Waals surface area contributed by atoms with Gasteiger partial charge in [0.25, 0.3) is 0 Å². The number of hydrogen-bond acceptors (Lipinski definition) is 3. The highest BCUT2D eigenvalue weighted by Gasteiger charge is 2.21. The highest BCUT2D eigenvalue weighted by Crippen LogP contribution is 2.18. The maximum absolute atomic E-state index is 13.0. The molecule has 1 fully saturated rings. The SMILES string of the molecule is C=C/C=C(CN1CCCC1=O)\C(F)=C\F.CC.CC.CCC(NC(C)=O)C(=O)O. The van der Waals surface area contributed by atoms with Crippen molar-refractivity contribution in [2.45, 2.75) is 66.8 Å². The zero-order chi connectivity index (χ0) is 23.4. The molecule has 29 heavy (non-hydrogen) atoms. The molecule has 1 heterocycles. The quantitative estimate of drug-likeness (QED) is 0.594. The normalized spacial score (nSPS) is 14.2. The number of carbonyl (C=O) groups is 3. The molecular formula is C21H36F2N2O4. The Balaban J connectivity index is -0.000000421. The van der Waals surface area contributed by atoms with Gasteiger partial charge in [0.1, 0.15) is 12.4 Å². The molecule has 1 atom stereocenters. The van der Waals surface area contributed by atoms with Crippen LogP contribution in [-0.4, -0.2) is 46.9 Å². The largest absolute Gasteiger partial charge is 0.480 e. The summed E-state index contributed by atoms with van der Waals surface area (Å²) in [6.45, 7) is 15.1. The zero-order valence-electron chi connectivity index (χ0n) is 18.4. The first-order valence-corrected chi connectivity index (χ1v) is 9.82. The third-order valence-electron chi connectivity index (χ3n) is 3.34. The van der Waals surface area contributed by atoms with Gasteiger partial charge in [-0.3, -0.25) is 9.59 Å². The van der Waals surface area contributed by atoms with Crippen molar-refractivity contribution < 1.29 is 28.3 Å².